The van der Waals surface area contributed by atoms with E-state index < -0.39 is 0 Å². The van der Waals surface area contributed by atoms with Crippen molar-refractivity contribution in [3.8, 4) is 0 Å². The maximum absolute atomic E-state index is 14.4. The monoisotopic (exact) mass is 510 g/mol. The number of carbonyl (C=O) groups is 2. The molecule has 2 aromatic rings. The van der Waals surface area contributed by atoms with E-state index in [4.69, 9.17) is 0 Å². The van der Waals surface area contributed by atoms with E-state index in [1.54, 1.807) is 0 Å². The van der Waals surface area contributed by atoms with Crippen LogP contribution >= 0.6 is 0 Å². The third-order valence-electron chi connectivity index (χ3n) is 11.1. The molecule has 2 amide bonds. The lowest BCUT2D eigenvalue weighted by molar-refractivity contribution is -0.145. The second kappa shape index (κ2) is 9.70. The molecule has 4 aliphatic rings. The summed E-state index contributed by atoms with van der Waals surface area (Å²) in [7, 11) is 1.97. The Morgan fingerprint density at radius 3 is 2.16 bits per heavy atom. The van der Waals surface area contributed by atoms with Gasteiger partial charge in [-0.05, 0) is 72.8 Å². The van der Waals surface area contributed by atoms with Crippen molar-refractivity contribution in [1.82, 2.24) is 9.80 Å². The van der Waals surface area contributed by atoms with Gasteiger partial charge in [-0.3, -0.25) is 9.59 Å². The second-order valence-electron chi connectivity index (χ2n) is 12.9. The maximum Gasteiger partial charge on any atom is 0.226 e. The summed E-state index contributed by atoms with van der Waals surface area (Å²) >= 11 is 0. The van der Waals surface area contributed by atoms with Gasteiger partial charge in [-0.25, -0.2) is 0 Å². The van der Waals surface area contributed by atoms with Crippen molar-refractivity contribution in [3.05, 3.63) is 83.6 Å². The molecule has 1 heterocycles. The molecule has 0 N–H and O–H groups in total. The summed E-state index contributed by atoms with van der Waals surface area (Å²) in [5, 5.41) is 0. The van der Waals surface area contributed by atoms with Crippen molar-refractivity contribution >= 4 is 11.8 Å². The van der Waals surface area contributed by atoms with Crippen molar-refractivity contribution in [2.75, 3.05) is 7.05 Å². The van der Waals surface area contributed by atoms with E-state index >= 15 is 0 Å². The molecule has 200 valence electrons. The normalized spacial score (nSPS) is 34.1. The lowest BCUT2D eigenvalue weighted by Crippen LogP contribution is -2.54. The van der Waals surface area contributed by atoms with Crippen molar-refractivity contribution in [2.24, 2.45) is 34.5 Å². The van der Waals surface area contributed by atoms with Crippen molar-refractivity contribution in [1.29, 1.82) is 0 Å². The van der Waals surface area contributed by atoms with E-state index in [-0.39, 0.29) is 22.7 Å². The highest BCUT2D eigenvalue weighted by Crippen LogP contribution is 2.66. The summed E-state index contributed by atoms with van der Waals surface area (Å²) < 4.78 is 0. The van der Waals surface area contributed by atoms with Crippen molar-refractivity contribution < 1.29 is 9.59 Å². The van der Waals surface area contributed by atoms with Crippen LogP contribution in [-0.2, 0) is 22.7 Å². The number of likely N-dealkylation sites (tertiary alicyclic amines) is 1. The van der Waals surface area contributed by atoms with Gasteiger partial charge in [0.2, 0.25) is 11.8 Å². The summed E-state index contributed by atoms with van der Waals surface area (Å²) in [6.45, 7) is 6.16. The minimum absolute atomic E-state index is 0.0436. The highest BCUT2D eigenvalue weighted by atomic mass is 16.2. The van der Waals surface area contributed by atoms with Gasteiger partial charge in [-0.2, -0.15) is 0 Å². The fourth-order valence-electron chi connectivity index (χ4n) is 9.03. The summed E-state index contributed by atoms with van der Waals surface area (Å²) in [5.41, 5.74) is 3.77. The first-order chi connectivity index (χ1) is 18.3. The van der Waals surface area contributed by atoms with Gasteiger partial charge in [-0.1, -0.05) is 80.6 Å². The molecule has 1 aliphatic heterocycles. The van der Waals surface area contributed by atoms with Crippen LogP contribution in [0.15, 0.2) is 72.4 Å². The Morgan fingerprint density at radius 2 is 1.53 bits per heavy atom. The lowest BCUT2D eigenvalue weighted by Gasteiger charge is -2.58. The van der Waals surface area contributed by atoms with Crippen LogP contribution in [0.2, 0.25) is 0 Å². The highest BCUT2D eigenvalue weighted by Gasteiger charge is 2.60. The van der Waals surface area contributed by atoms with Gasteiger partial charge in [0.1, 0.15) is 0 Å². The first kappa shape index (κ1) is 25.4. The maximum atomic E-state index is 14.4. The molecule has 6 rings (SSSR count). The van der Waals surface area contributed by atoms with E-state index in [2.05, 4.69) is 73.4 Å². The minimum Gasteiger partial charge on any atom is -0.334 e. The fraction of sp³-hybridized carbons (Fsp3) is 0.529. The lowest BCUT2D eigenvalue weighted by atomic mass is 9.49. The third-order valence-corrected chi connectivity index (χ3v) is 11.1. The number of piperidine rings is 1. The summed E-state index contributed by atoms with van der Waals surface area (Å²) in [6.07, 6.45) is 9.47. The first-order valence-corrected chi connectivity index (χ1v) is 14.6. The van der Waals surface area contributed by atoms with E-state index in [0.717, 1.165) is 38.5 Å². The van der Waals surface area contributed by atoms with E-state index in [1.165, 1.54) is 16.8 Å². The van der Waals surface area contributed by atoms with Gasteiger partial charge in [0.25, 0.3) is 0 Å². The number of hydrogen-bond donors (Lipinski definition) is 0. The summed E-state index contributed by atoms with van der Waals surface area (Å²) in [5.74, 6) is 2.46. The Balaban J connectivity index is 1.27. The largest absolute Gasteiger partial charge is 0.334 e. The Morgan fingerprint density at radius 1 is 0.895 bits per heavy atom. The van der Waals surface area contributed by atoms with Crippen LogP contribution in [0, 0.1) is 34.5 Å². The molecule has 6 atom stereocenters. The predicted molar refractivity (Wildman–Crippen MR) is 150 cm³/mol. The molecule has 0 spiro atoms. The Kier molecular flexibility index (Phi) is 6.48. The molecule has 4 nitrogen and oxygen atoms in total. The van der Waals surface area contributed by atoms with Gasteiger partial charge in [0.15, 0.2) is 0 Å². The zero-order valence-corrected chi connectivity index (χ0v) is 23.2. The molecular formula is C34H42N2O2. The highest BCUT2D eigenvalue weighted by molar-refractivity contribution is 5.81. The molecule has 0 unspecified atom stereocenters. The zero-order valence-electron chi connectivity index (χ0n) is 23.2. The molecule has 3 fully saturated rings. The predicted octanol–water partition coefficient (Wildman–Crippen LogP) is 6.82. The van der Waals surface area contributed by atoms with Gasteiger partial charge >= 0.3 is 0 Å². The number of carbonyl (C=O) groups excluding carboxylic acids is 2. The third kappa shape index (κ3) is 4.12. The number of fused-ring (bicyclic) bond motifs is 5. The molecule has 0 radical (unpaired) electrons. The van der Waals surface area contributed by atoms with Crippen LogP contribution in [-0.4, -0.2) is 28.7 Å². The quantitative estimate of drug-likeness (QED) is 0.443. The number of rotatable bonds is 5. The second-order valence-corrected chi connectivity index (χ2v) is 12.9. The molecule has 2 saturated carbocycles. The minimum atomic E-state index is 0.0436. The molecule has 0 bridgehead atoms. The van der Waals surface area contributed by atoms with Crippen molar-refractivity contribution in [3.63, 3.8) is 0 Å². The van der Waals surface area contributed by atoms with E-state index in [9.17, 15) is 9.59 Å². The fourth-order valence-corrected chi connectivity index (χ4v) is 9.03. The topological polar surface area (TPSA) is 40.6 Å². The Hall–Kier alpha value is -2.88. The molecular weight excluding hydrogens is 468 g/mol. The van der Waals surface area contributed by atoms with E-state index in [0.29, 0.717) is 43.2 Å². The standard InChI is InChI=1S/C34H42N2O2/c1-33-20-18-28-26(14-17-30-34(28,2)21-19-31(37)35(30)3)27(33)15-16-29(33)32(38)36(22-24-10-6-4-7-11-24)23-25-12-8-5-9-13-25/h4-13,17,26-29H,14-16,18-23H2,1-3H3/t26-,27-,28-,29+,33-,34+/m0/s1. The molecule has 4 heteroatoms. The first-order valence-electron chi connectivity index (χ1n) is 14.6. The van der Waals surface area contributed by atoms with Gasteiger partial charge < -0.3 is 9.80 Å². The number of allylic oxidation sites excluding steroid dienone is 2. The summed E-state index contributed by atoms with van der Waals surface area (Å²) in [6, 6.07) is 20.9. The van der Waals surface area contributed by atoms with Gasteiger partial charge in [0.05, 0.1) is 0 Å². The summed E-state index contributed by atoms with van der Waals surface area (Å²) in [4.78, 5) is 31.0. The Bertz CT molecular complexity index is 1180. The van der Waals surface area contributed by atoms with Gasteiger partial charge in [-0.15, -0.1) is 0 Å². The molecule has 38 heavy (non-hydrogen) atoms. The average Bonchev–Trinajstić information content (AvgIpc) is 3.29. The number of nitrogens with zero attached hydrogens (tertiary/aromatic N) is 2. The van der Waals surface area contributed by atoms with Crippen LogP contribution in [0.3, 0.4) is 0 Å². The van der Waals surface area contributed by atoms with E-state index in [1.807, 2.05) is 24.1 Å². The van der Waals surface area contributed by atoms with Crippen LogP contribution in [0.25, 0.3) is 0 Å². The molecule has 1 saturated heterocycles. The van der Waals surface area contributed by atoms with Crippen LogP contribution < -0.4 is 0 Å². The number of hydrogen-bond acceptors (Lipinski definition) is 2. The number of benzene rings is 2. The van der Waals surface area contributed by atoms with Gasteiger partial charge in [0, 0.05) is 43.6 Å². The smallest absolute Gasteiger partial charge is 0.226 e. The van der Waals surface area contributed by atoms with Crippen LogP contribution in [0.5, 0.6) is 0 Å². The van der Waals surface area contributed by atoms with Crippen LogP contribution in [0.1, 0.15) is 69.9 Å². The van der Waals surface area contributed by atoms with Crippen molar-refractivity contribution in [2.45, 2.75) is 71.9 Å². The zero-order chi connectivity index (χ0) is 26.5. The average molecular weight is 511 g/mol. The molecule has 0 aromatic heterocycles. The molecule has 2 aromatic carbocycles. The Labute approximate surface area is 228 Å². The SMILES string of the molecule is CN1C(=O)CC[C@@]2(C)C1=CC[C@H]1[C@@H]3CC[C@H](C(=O)N(Cc4ccccc4)Cc4ccccc4)[C@@]3(C)CC[C@@H]12. The van der Waals surface area contributed by atoms with Crippen LogP contribution in [0.4, 0.5) is 0 Å². The number of amides is 2. The molecule has 3 aliphatic carbocycles.